The summed E-state index contributed by atoms with van der Waals surface area (Å²) < 4.78 is 5.38. The number of ketones is 2. The molecule has 0 bridgehead atoms. The zero-order chi connectivity index (χ0) is 30.7. The van der Waals surface area contributed by atoms with E-state index in [4.69, 9.17) is 4.74 Å². The van der Waals surface area contributed by atoms with Crippen molar-refractivity contribution in [3.05, 3.63) is 94.1 Å². The zero-order valence-corrected chi connectivity index (χ0v) is 25.0. The van der Waals surface area contributed by atoms with Crippen molar-refractivity contribution < 1.29 is 29.0 Å². The number of aromatic hydroxyl groups is 1. The summed E-state index contributed by atoms with van der Waals surface area (Å²) in [7, 11) is 1.46. The number of nitrogens with zero attached hydrogens (tertiary/aromatic N) is 2. The summed E-state index contributed by atoms with van der Waals surface area (Å²) in [5.41, 5.74) is 3.62. The van der Waals surface area contributed by atoms with Gasteiger partial charge in [-0.3, -0.25) is 29.0 Å². The highest BCUT2D eigenvalue weighted by Crippen LogP contribution is 2.57. The molecule has 1 N–H and O–H groups in total. The van der Waals surface area contributed by atoms with E-state index in [0.717, 1.165) is 38.0 Å². The van der Waals surface area contributed by atoms with Crippen molar-refractivity contribution in [2.45, 2.75) is 51.1 Å². The lowest BCUT2D eigenvalue weighted by Gasteiger charge is -2.42. The Morgan fingerprint density at radius 2 is 1.68 bits per heavy atom. The van der Waals surface area contributed by atoms with Crippen LogP contribution in [0, 0.1) is 17.8 Å². The minimum absolute atomic E-state index is 0.0974. The molecule has 0 saturated carbocycles. The number of ether oxygens (including phenoxy) is 1. The summed E-state index contributed by atoms with van der Waals surface area (Å²) in [6.07, 6.45) is 5.41. The molecule has 2 aromatic carbocycles. The molecule has 7 rings (SSSR count). The molecule has 226 valence electrons. The van der Waals surface area contributed by atoms with Crippen LogP contribution in [0.1, 0.15) is 49.7 Å². The number of likely N-dealkylation sites (tertiary alicyclic amines) is 2. The molecule has 0 unspecified atom stereocenters. The molecule has 2 saturated heterocycles. The van der Waals surface area contributed by atoms with E-state index in [0.29, 0.717) is 28.7 Å². The topological polar surface area (TPSA) is 104 Å². The number of methoxy groups -OCH3 is 1. The van der Waals surface area contributed by atoms with Gasteiger partial charge in [0.15, 0.2) is 23.1 Å². The number of hydrogen-bond donors (Lipinski definition) is 1. The maximum absolute atomic E-state index is 14.3. The highest BCUT2D eigenvalue weighted by molar-refractivity contribution is 6.23. The van der Waals surface area contributed by atoms with Crippen molar-refractivity contribution >= 4 is 23.4 Å². The quantitative estimate of drug-likeness (QED) is 0.310. The second-order valence-electron chi connectivity index (χ2n) is 12.7. The molecule has 0 aromatic heterocycles. The van der Waals surface area contributed by atoms with Crippen LogP contribution < -0.4 is 4.74 Å². The van der Waals surface area contributed by atoms with Crippen LogP contribution in [0.5, 0.6) is 11.5 Å². The minimum atomic E-state index is -0.709. The first-order valence-corrected chi connectivity index (χ1v) is 15.5. The number of allylic oxidation sites excluding steroid dienone is 6. The molecule has 2 aromatic rings. The van der Waals surface area contributed by atoms with E-state index in [-0.39, 0.29) is 47.3 Å². The fraction of sp³-hybridized carbons (Fsp3) is 0.389. The number of fused-ring (bicyclic) bond motifs is 3. The normalized spacial score (nSPS) is 27.5. The fourth-order valence-electron chi connectivity index (χ4n) is 8.24. The van der Waals surface area contributed by atoms with Crippen molar-refractivity contribution in [1.82, 2.24) is 9.80 Å². The van der Waals surface area contributed by atoms with Crippen LogP contribution in [0.4, 0.5) is 0 Å². The molecular weight excluding hydrogens is 556 g/mol. The lowest BCUT2D eigenvalue weighted by atomic mass is 9.59. The van der Waals surface area contributed by atoms with Crippen LogP contribution in [-0.2, 0) is 25.7 Å². The van der Waals surface area contributed by atoms with Gasteiger partial charge in [-0.2, -0.15) is 0 Å². The van der Waals surface area contributed by atoms with Gasteiger partial charge in [-0.25, -0.2) is 0 Å². The molecule has 2 heterocycles. The first-order valence-electron chi connectivity index (χ1n) is 15.5. The number of amides is 2. The highest BCUT2D eigenvalue weighted by atomic mass is 16.5. The van der Waals surface area contributed by atoms with E-state index >= 15 is 0 Å². The number of imide groups is 1. The molecule has 2 aliphatic heterocycles. The monoisotopic (exact) mass is 592 g/mol. The summed E-state index contributed by atoms with van der Waals surface area (Å²) in [4.78, 5) is 59.1. The van der Waals surface area contributed by atoms with Crippen molar-refractivity contribution in [3.8, 4) is 11.5 Å². The average Bonchev–Trinajstić information content (AvgIpc) is 3.29. The molecular formula is C36H36N2O6. The number of carbonyl (C=O) groups is 4. The average molecular weight is 593 g/mol. The first kappa shape index (κ1) is 28.5. The number of phenolic OH excluding ortho intramolecular Hbond substituents is 1. The van der Waals surface area contributed by atoms with E-state index in [1.807, 2.05) is 24.3 Å². The Balaban J connectivity index is 1.20. The van der Waals surface area contributed by atoms with E-state index in [9.17, 15) is 24.3 Å². The first-order chi connectivity index (χ1) is 21.3. The molecule has 4 atom stereocenters. The predicted molar refractivity (Wildman–Crippen MR) is 163 cm³/mol. The molecule has 8 nitrogen and oxygen atoms in total. The Hall–Kier alpha value is -4.30. The Morgan fingerprint density at radius 1 is 0.932 bits per heavy atom. The standard InChI is InChI=1S/C36H36N2O6/c1-20-17-28(39)32-27(33(20)40)18-26-23(30(32)24-9-6-10-29(44-2)34(24)41)11-12-25-31(26)36(43)38(35(25)42)22-13-15-37(16-14-22)19-21-7-4-3-5-8-21/h3-11,17,22,25-26,30-31,41H,12-16,18-19H2,1-2H3/t25-,26+,30+,31-/m0/s1. The lowest BCUT2D eigenvalue weighted by molar-refractivity contribution is -0.144. The van der Waals surface area contributed by atoms with Gasteiger partial charge >= 0.3 is 0 Å². The number of phenols is 1. The van der Waals surface area contributed by atoms with Crippen molar-refractivity contribution in [2.75, 3.05) is 20.2 Å². The van der Waals surface area contributed by atoms with E-state index in [1.54, 1.807) is 25.1 Å². The van der Waals surface area contributed by atoms with Crippen molar-refractivity contribution in [3.63, 3.8) is 0 Å². The molecule has 0 spiro atoms. The molecule has 8 heteroatoms. The smallest absolute Gasteiger partial charge is 0.233 e. The van der Waals surface area contributed by atoms with Gasteiger partial charge in [-0.15, -0.1) is 0 Å². The Morgan fingerprint density at radius 3 is 2.41 bits per heavy atom. The zero-order valence-electron chi connectivity index (χ0n) is 25.0. The van der Waals surface area contributed by atoms with Crippen LogP contribution in [0.2, 0.25) is 0 Å². The number of benzene rings is 2. The van der Waals surface area contributed by atoms with Gasteiger partial charge in [0.1, 0.15) is 0 Å². The number of rotatable bonds is 5. The van der Waals surface area contributed by atoms with Crippen LogP contribution in [0.25, 0.3) is 0 Å². The number of piperidine rings is 1. The lowest BCUT2D eigenvalue weighted by Crippen LogP contribution is -2.47. The maximum atomic E-state index is 14.3. The van der Waals surface area contributed by atoms with E-state index < -0.39 is 23.7 Å². The maximum Gasteiger partial charge on any atom is 0.233 e. The summed E-state index contributed by atoms with van der Waals surface area (Å²) in [6.45, 7) is 4.07. The Kier molecular flexibility index (Phi) is 7.12. The molecule has 5 aliphatic rings. The van der Waals surface area contributed by atoms with Crippen LogP contribution >= 0.6 is 0 Å². The van der Waals surface area contributed by atoms with Gasteiger partial charge in [-0.1, -0.05) is 54.1 Å². The number of hydrogen-bond acceptors (Lipinski definition) is 7. The SMILES string of the molecule is COc1cccc([C@H]2C3=CC[C@@H]4C(=O)N(C5CCN(Cc6ccccc6)CC5)C(=O)[C@@H]4[C@@H]3CC3=C2C(=O)C=C(C)C3=O)c1O. The third-order valence-corrected chi connectivity index (χ3v) is 10.3. The van der Waals surface area contributed by atoms with Gasteiger partial charge in [0.25, 0.3) is 0 Å². The minimum Gasteiger partial charge on any atom is -0.504 e. The third-order valence-electron chi connectivity index (χ3n) is 10.3. The number of Topliss-reactive ketones (excluding diaryl/α,β-unsaturated/α-hetero) is 1. The summed E-state index contributed by atoms with van der Waals surface area (Å²) >= 11 is 0. The molecule has 3 aliphatic carbocycles. The number of carbonyl (C=O) groups excluding carboxylic acids is 4. The van der Waals surface area contributed by atoms with Gasteiger partial charge < -0.3 is 9.84 Å². The van der Waals surface area contributed by atoms with Crippen LogP contribution in [-0.4, -0.2) is 64.5 Å². The van der Waals surface area contributed by atoms with Crippen LogP contribution in [0.3, 0.4) is 0 Å². The second kappa shape index (κ2) is 11.0. The molecule has 2 amide bonds. The Labute approximate surface area is 256 Å². The van der Waals surface area contributed by atoms with Gasteiger partial charge in [-0.05, 0) is 56.2 Å². The summed E-state index contributed by atoms with van der Waals surface area (Å²) in [6, 6.07) is 15.3. The Bertz CT molecular complexity index is 1660. The molecule has 2 fully saturated rings. The van der Waals surface area contributed by atoms with Crippen LogP contribution in [0.15, 0.2) is 83.0 Å². The highest BCUT2D eigenvalue weighted by Gasteiger charge is 2.57. The van der Waals surface area contributed by atoms with Crippen molar-refractivity contribution in [2.24, 2.45) is 17.8 Å². The predicted octanol–water partition coefficient (Wildman–Crippen LogP) is 4.49. The van der Waals surface area contributed by atoms with Gasteiger partial charge in [0.2, 0.25) is 11.8 Å². The summed E-state index contributed by atoms with van der Waals surface area (Å²) in [5, 5.41) is 11.2. The van der Waals surface area contributed by atoms with Crippen molar-refractivity contribution in [1.29, 1.82) is 0 Å². The van der Waals surface area contributed by atoms with Gasteiger partial charge in [0, 0.05) is 53.9 Å². The largest absolute Gasteiger partial charge is 0.504 e. The van der Waals surface area contributed by atoms with E-state index in [2.05, 4.69) is 17.0 Å². The van der Waals surface area contributed by atoms with Gasteiger partial charge in [0.05, 0.1) is 18.9 Å². The fourth-order valence-corrected chi connectivity index (χ4v) is 8.24. The number of para-hydroxylation sites is 1. The van der Waals surface area contributed by atoms with E-state index in [1.165, 1.54) is 23.6 Å². The molecule has 44 heavy (non-hydrogen) atoms. The summed E-state index contributed by atoms with van der Waals surface area (Å²) in [5.74, 6) is -2.84. The second-order valence-corrected chi connectivity index (χ2v) is 12.7. The molecule has 0 radical (unpaired) electrons. The third kappa shape index (κ3) is 4.46.